The second-order valence-electron chi connectivity index (χ2n) is 5.50. The molecule has 2 amide bonds. The fourth-order valence-corrected chi connectivity index (χ4v) is 3.49. The SMILES string of the molecule is O=C1CCC(c2coc3ccc4cc(Br)ccc4c23)C(=O)N1. The molecule has 0 spiro atoms. The summed E-state index contributed by atoms with van der Waals surface area (Å²) in [7, 11) is 0. The van der Waals surface area contributed by atoms with E-state index in [0.717, 1.165) is 31.8 Å². The highest BCUT2D eigenvalue weighted by atomic mass is 79.9. The smallest absolute Gasteiger partial charge is 0.234 e. The number of rotatable bonds is 1. The molecule has 4 nitrogen and oxygen atoms in total. The van der Waals surface area contributed by atoms with E-state index in [9.17, 15) is 9.59 Å². The molecule has 1 fully saturated rings. The minimum Gasteiger partial charge on any atom is -0.464 e. The van der Waals surface area contributed by atoms with Crippen LogP contribution < -0.4 is 5.32 Å². The number of hydrogen-bond donors (Lipinski definition) is 1. The van der Waals surface area contributed by atoms with Gasteiger partial charge in [0.15, 0.2) is 0 Å². The zero-order chi connectivity index (χ0) is 15.3. The topological polar surface area (TPSA) is 59.3 Å². The van der Waals surface area contributed by atoms with Crippen LogP contribution in [0.5, 0.6) is 0 Å². The number of hydrogen-bond acceptors (Lipinski definition) is 3. The number of piperidine rings is 1. The standard InChI is InChI=1S/C17H12BrNO3/c18-10-2-3-11-9(7-10)1-5-14-16(11)13(8-22-14)12-4-6-15(20)19-17(12)21/h1-3,5,7-8,12H,4,6H2,(H,19,20,21). The van der Waals surface area contributed by atoms with Crippen LogP contribution in [0.1, 0.15) is 24.3 Å². The maximum atomic E-state index is 12.2. The monoisotopic (exact) mass is 357 g/mol. The van der Waals surface area contributed by atoms with Crippen LogP contribution in [0.25, 0.3) is 21.7 Å². The molecule has 0 radical (unpaired) electrons. The van der Waals surface area contributed by atoms with E-state index >= 15 is 0 Å². The Labute approximate surface area is 134 Å². The van der Waals surface area contributed by atoms with Crippen molar-refractivity contribution >= 4 is 49.5 Å². The average Bonchev–Trinajstić information content (AvgIpc) is 2.91. The largest absolute Gasteiger partial charge is 0.464 e. The molecule has 22 heavy (non-hydrogen) atoms. The number of carbonyl (C=O) groups excluding carboxylic acids is 2. The molecule has 5 heteroatoms. The zero-order valence-electron chi connectivity index (χ0n) is 11.6. The molecule has 0 bridgehead atoms. The Morgan fingerprint density at radius 3 is 2.86 bits per heavy atom. The lowest BCUT2D eigenvalue weighted by Gasteiger charge is -2.20. The summed E-state index contributed by atoms with van der Waals surface area (Å²) in [5, 5.41) is 5.50. The van der Waals surface area contributed by atoms with E-state index in [0.29, 0.717) is 12.8 Å². The normalized spacial score (nSPS) is 18.9. The molecule has 4 rings (SSSR count). The summed E-state index contributed by atoms with van der Waals surface area (Å²) in [6, 6.07) is 9.95. The summed E-state index contributed by atoms with van der Waals surface area (Å²) in [5.74, 6) is -0.788. The van der Waals surface area contributed by atoms with Gasteiger partial charge in [0.25, 0.3) is 0 Å². The first-order valence-electron chi connectivity index (χ1n) is 7.06. The molecular weight excluding hydrogens is 346 g/mol. The van der Waals surface area contributed by atoms with E-state index in [1.165, 1.54) is 0 Å². The van der Waals surface area contributed by atoms with Gasteiger partial charge < -0.3 is 4.42 Å². The molecule has 0 aliphatic carbocycles. The van der Waals surface area contributed by atoms with Crippen LogP contribution in [0, 0.1) is 0 Å². The van der Waals surface area contributed by atoms with Crippen LogP contribution in [-0.2, 0) is 9.59 Å². The molecule has 1 aliphatic heterocycles. The Kier molecular flexibility index (Phi) is 3.04. The third kappa shape index (κ3) is 2.04. The van der Waals surface area contributed by atoms with Gasteiger partial charge in [0.2, 0.25) is 11.8 Å². The molecule has 1 atom stereocenters. The highest BCUT2D eigenvalue weighted by Gasteiger charge is 2.30. The Morgan fingerprint density at radius 1 is 1.18 bits per heavy atom. The first-order valence-corrected chi connectivity index (χ1v) is 7.86. The van der Waals surface area contributed by atoms with Gasteiger partial charge in [-0.2, -0.15) is 0 Å². The van der Waals surface area contributed by atoms with Crippen molar-refractivity contribution in [3.8, 4) is 0 Å². The van der Waals surface area contributed by atoms with Gasteiger partial charge in [-0.1, -0.05) is 28.1 Å². The van der Waals surface area contributed by atoms with Crippen LogP contribution in [0.2, 0.25) is 0 Å². The van der Waals surface area contributed by atoms with Gasteiger partial charge in [-0.3, -0.25) is 14.9 Å². The Hall–Kier alpha value is -2.14. The summed E-state index contributed by atoms with van der Waals surface area (Å²) < 4.78 is 6.64. The molecular formula is C17H12BrNO3. The van der Waals surface area contributed by atoms with Crippen molar-refractivity contribution in [2.45, 2.75) is 18.8 Å². The van der Waals surface area contributed by atoms with Crippen LogP contribution in [0.4, 0.5) is 0 Å². The third-order valence-corrected chi connectivity index (χ3v) is 4.65. The van der Waals surface area contributed by atoms with Gasteiger partial charge in [-0.15, -0.1) is 0 Å². The molecule has 3 aromatic rings. The van der Waals surface area contributed by atoms with Crippen molar-refractivity contribution in [1.82, 2.24) is 5.32 Å². The number of imide groups is 1. The van der Waals surface area contributed by atoms with Crippen LogP contribution in [0.3, 0.4) is 0 Å². The van der Waals surface area contributed by atoms with Crippen molar-refractivity contribution in [3.63, 3.8) is 0 Å². The zero-order valence-corrected chi connectivity index (χ0v) is 13.1. The second kappa shape index (κ2) is 4.95. The van der Waals surface area contributed by atoms with Crippen molar-refractivity contribution < 1.29 is 14.0 Å². The summed E-state index contributed by atoms with van der Waals surface area (Å²) >= 11 is 3.47. The van der Waals surface area contributed by atoms with Crippen LogP contribution in [-0.4, -0.2) is 11.8 Å². The van der Waals surface area contributed by atoms with E-state index in [1.807, 2.05) is 30.3 Å². The lowest BCUT2D eigenvalue weighted by atomic mass is 9.89. The summed E-state index contributed by atoms with van der Waals surface area (Å²) in [5.41, 5.74) is 1.61. The van der Waals surface area contributed by atoms with Crippen molar-refractivity contribution in [2.24, 2.45) is 0 Å². The van der Waals surface area contributed by atoms with Gasteiger partial charge in [0, 0.05) is 21.8 Å². The predicted molar refractivity (Wildman–Crippen MR) is 86.5 cm³/mol. The molecule has 1 N–H and O–H groups in total. The van der Waals surface area contributed by atoms with E-state index in [4.69, 9.17) is 4.42 Å². The molecule has 1 aliphatic rings. The summed E-state index contributed by atoms with van der Waals surface area (Å²) in [6.45, 7) is 0. The lowest BCUT2D eigenvalue weighted by Crippen LogP contribution is -2.39. The van der Waals surface area contributed by atoms with E-state index in [1.54, 1.807) is 6.26 Å². The van der Waals surface area contributed by atoms with Gasteiger partial charge in [-0.05, 0) is 35.4 Å². The van der Waals surface area contributed by atoms with Gasteiger partial charge in [0.1, 0.15) is 5.58 Å². The molecule has 2 aromatic carbocycles. The maximum Gasteiger partial charge on any atom is 0.234 e. The first-order chi connectivity index (χ1) is 10.6. The van der Waals surface area contributed by atoms with Crippen molar-refractivity contribution in [2.75, 3.05) is 0 Å². The third-order valence-electron chi connectivity index (χ3n) is 4.16. The first kappa shape index (κ1) is 13.5. The fraction of sp³-hybridized carbons (Fsp3) is 0.176. The highest BCUT2D eigenvalue weighted by molar-refractivity contribution is 9.10. The number of carbonyl (C=O) groups is 2. The number of nitrogens with one attached hydrogen (secondary N) is 1. The number of amides is 2. The van der Waals surface area contributed by atoms with Gasteiger partial charge in [0.05, 0.1) is 12.2 Å². The van der Waals surface area contributed by atoms with Crippen LogP contribution in [0.15, 0.2) is 45.5 Å². The Balaban J connectivity index is 1.95. The molecule has 1 aromatic heterocycles. The maximum absolute atomic E-state index is 12.2. The molecule has 2 heterocycles. The van der Waals surface area contributed by atoms with E-state index in [2.05, 4.69) is 21.2 Å². The summed E-state index contributed by atoms with van der Waals surface area (Å²) in [6.07, 6.45) is 2.53. The Morgan fingerprint density at radius 2 is 2.05 bits per heavy atom. The highest BCUT2D eigenvalue weighted by Crippen LogP contribution is 2.37. The van der Waals surface area contributed by atoms with E-state index in [-0.39, 0.29) is 17.7 Å². The van der Waals surface area contributed by atoms with Crippen molar-refractivity contribution in [1.29, 1.82) is 0 Å². The van der Waals surface area contributed by atoms with Gasteiger partial charge >= 0.3 is 0 Å². The van der Waals surface area contributed by atoms with Gasteiger partial charge in [-0.25, -0.2) is 0 Å². The molecule has 110 valence electrons. The number of benzene rings is 2. The fourth-order valence-electron chi connectivity index (χ4n) is 3.11. The minimum atomic E-state index is -0.340. The molecule has 1 unspecified atom stereocenters. The number of halogens is 1. The average molecular weight is 358 g/mol. The van der Waals surface area contributed by atoms with Crippen molar-refractivity contribution in [3.05, 3.63) is 46.6 Å². The van der Waals surface area contributed by atoms with Crippen LogP contribution >= 0.6 is 15.9 Å². The second-order valence-corrected chi connectivity index (χ2v) is 6.41. The lowest BCUT2D eigenvalue weighted by molar-refractivity contribution is -0.134. The predicted octanol–water partition coefficient (Wildman–Crippen LogP) is 3.87. The number of fused-ring (bicyclic) bond motifs is 3. The number of furan rings is 1. The molecule has 1 saturated heterocycles. The van der Waals surface area contributed by atoms with E-state index < -0.39 is 0 Å². The molecule has 0 saturated carbocycles. The summed E-state index contributed by atoms with van der Waals surface area (Å²) in [4.78, 5) is 23.5. The minimum absolute atomic E-state index is 0.206. The Bertz CT molecular complexity index is 928. The quantitative estimate of drug-likeness (QED) is 0.672.